The lowest BCUT2D eigenvalue weighted by molar-refractivity contribution is -0.121. The number of hydrogen-bond acceptors (Lipinski definition) is 4. The van der Waals surface area contributed by atoms with Gasteiger partial charge in [-0.15, -0.1) is 0 Å². The molecule has 2 aliphatic rings. The summed E-state index contributed by atoms with van der Waals surface area (Å²) in [6.45, 7) is 2.90. The lowest BCUT2D eigenvalue weighted by Gasteiger charge is -2.32. The molecule has 1 atom stereocenters. The molecule has 1 amide bonds. The molecule has 0 saturated carbocycles. The van der Waals surface area contributed by atoms with Gasteiger partial charge in [0.2, 0.25) is 5.91 Å². The van der Waals surface area contributed by atoms with Crippen molar-refractivity contribution in [2.24, 2.45) is 5.92 Å². The van der Waals surface area contributed by atoms with Crippen molar-refractivity contribution in [3.63, 3.8) is 0 Å². The highest BCUT2D eigenvalue weighted by Crippen LogP contribution is 2.35. The number of halogens is 1. The van der Waals surface area contributed by atoms with E-state index in [9.17, 15) is 13.2 Å². The smallest absolute Gasteiger partial charge is 0.264 e. The van der Waals surface area contributed by atoms with E-state index in [0.717, 1.165) is 31.5 Å². The first kappa shape index (κ1) is 23.9. The highest BCUT2D eigenvalue weighted by molar-refractivity contribution is 7.92. The Morgan fingerprint density at radius 1 is 1.00 bits per heavy atom. The lowest BCUT2D eigenvalue weighted by atomic mass is 9.96. The molecule has 35 heavy (non-hydrogen) atoms. The van der Waals surface area contributed by atoms with Crippen LogP contribution in [0.25, 0.3) is 0 Å². The van der Waals surface area contributed by atoms with Crippen molar-refractivity contribution in [2.75, 3.05) is 29.3 Å². The predicted octanol–water partition coefficient (Wildman–Crippen LogP) is 4.94. The van der Waals surface area contributed by atoms with Crippen molar-refractivity contribution in [2.45, 2.75) is 30.7 Å². The number of hydrogen-bond donors (Lipinski definition) is 1. The third-order valence-corrected chi connectivity index (χ3v) is 8.81. The predicted molar refractivity (Wildman–Crippen MR) is 139 cm³/mol. The van der Waals surface area contributed by atoms with Gasteiger partial charge < -0.3 is 5.32 Å². The molecule has 1 saturated heterocycles. The summed E-state index contributed by atoms with van der Waals surface area (Å²) in [6, 6.07) is 22.0. The number of benzene rings is 3. The Hall–Kier alpha value is -2.87. The van der Waals surface area contributed by atoms with Gasteiger partial charge in [-0.05, 0) is 73.3 Å². The van der Waals surface area contributed by atoms with Gasteiger partial charge in [-0.3, -0.25) is 14.0 Å². The molecule has 6 nitrogen and oxygen atoms in total. The van der Waals surface area contributed by atoms with Crippen molar-refractivity contribution >= 4 is 38.9 Å². The highest BCUT2D eigenvalue weighted by atomic mass is 35.5. The van der Waals surface area contributed by atoms with Crippen LogP contribution < -0.4 is 9.62 Å². The van der Waals surface area contributed by atoms with Crippen LogP contribution >= 0.6 is 11.6 Å². The van der Waals surface area contributed by atoms with Crippen LogP contribution in [0.1, 0.15) is 24.0 Å². The molecule has 1 N–H and O–H groups in total. The Balaban J connectivity index is 1.29. The number of rotatable bonds is 6. The van der Waals surface area contributed by atoms with Gasteiger partial charge in [-0.2, -0.15) is 0 Å². The molecule has 0 unspecified atom stereocenters. The maximum absolute atomic E-state index is 13.3. The standard InChI is InChI=1S/C27H28ClN3O3S/c28-23-9-12-25(13-10-23)35(33,34)31-16-14-21-8-11-24(17-26(21)31)29-27(32)22-7-4-15-30(19-22)18-20-5-2-1-3-6-20/h1-3,5-6,8-13,17,22H,4,7,14-16,18-19H2,(H,29,32)/t22-/m0/s1. The first-order valence-electron chi connectivity index (χ1n) is 11.9. The SMILES string of the molecule is O=C(Nc1ccc2c(c1)N(S(=O)(=O)c1ccc(Cl)cc1)CC2)[C@H]1CCCN(Cc2ccccc2)C1. The normalized spacial score (nSPS) is 18.3. The van der Waals surface area contributed by atoms with Crippen molar-refractivity contribution in [3.05, 3.63) is 88.9 Å². The zero-order chi connectivity index (χ0) is 24.4. The number of amides is 1. The molecule has 0 bridgehead atoms. The van der Waals surface area contributed by atoms with Gasteiger partial charge in [0.1, 0.15) is 0 Å². The number of anilines is 2. The number of nitrogens with zero attached hydrogens (tertiary/aromatic N) is 2. The van der Waals surface area contributed by atoms with Gasteiger partial charge in [-0.25, -0.2) is 8.42 Å². The van der Waals surface area contributed by atoms with Crippen LogP contribution in [0.3, 0.4) is 0 Å². The fraction of sp³-hybridized carbons (Fsp3) is 0.296. The molecule has 2 heterocycles. The molecule has 0 radical (unpaired) electrons. The second-order valence-electron chi connectivity index (χ2n) is 9.17. The molecular formula is C27H28ClN3O3S. The number of likely N-dealkylation sites (tertiary alicyclic amines) is 1. The first-order valence-corrected chi connectivity index (χ1v) is 13.7. The molecule has 2 aliphatic heterocycles. The van der Waals surface area contributed by atoms with Crippen molar-refractivity contribution in [3.8, 4) is 0 Å². The van der Waals surface area contributed by atoms with Crippen LogP contribution in [-0.4, -0.2) is 38.9 Å². The quantitative estimate of drug-likeness (QED) is 0.511. The topological polar surface area (TPSA) is 69.7 Å². The molecule has 1 fully saturated rings. The van der Waals surface area contributed by atoms with E-state index in [1.165, 1.54) is 22.0 Å². The highest BCUT2D eigenvalue weighted by Gasteiger charge is 2.32. The lowest BCUT2D eigenvalue weighted by Crippen LogP contribution is -2.40. The zero-order valence-electron chi connectivity index (χ0n) is 19.4. The molecular weight excluding hydrogens is 482 g/mol. The minimum Gasteiger partial charge on any atom is -0.326 e. The van der Waals surface area contributed by atoms with Crippen LogP contribution in [0.15, 0.2) is 77.7 Å². The minimum atomic E-state index is -3.72. The number of carbonyl (C=O) groups is 1. The van der Waals surface area contributed by atoms with Crippen LogP contribution in [0.4, 0.5) is 11.4 Å². The Bertz CT molecular complexity index is 1310. The summed E-state index contributed by atoms with van der Waals surface area (Å²) in [5, 5.41) is 3.53. The third-order valence-electron chi connectivity index (χ3n) is 6.73. The van der Waals surface area contributed by atoms with Crippen molar-refractivity contribution < 1.29 is 13.2 Å². The minimum absolute atomic E-state index is 0.0205. The van der Waals surface area contributed by atoms with E-state index >= 15 is 0 Å². The molecule has 5 rings (SSSR count). The van der Waals surface area contributed by atoms with Crippen LogP contribution in [0.2, 0.25) is 5.02 Å². The van der Waals surface area contributed by atoms with Gasteiger partial charge in [0.05, 0.1) is 16.5 Å². The van der Waals surface area contributed by atoms with E-state index in [1.807, 2.05) is 30.3 Å². The van der Waals surface area contributed by atoms with E-state index in [4.69, 9.17) is 11.6 Å². The van der Waals surface area contributed by atoms with Crippen LogP contribution in [0.5, 0.6) is 0 Å². The van der Waals surface area contributed by atoms with E-state index < -0.39 is 10.0 Å². The Labute approximate surface area is 211 Å². The second kappa shape index (κ2) is 10.0. The molecule has 3 aromatic rings. The molecule has 3 aromatic carbocycles. The third kappa shape index (κ3) is 5.22. The summed E-state index contributed by atoms with van der Waals surface area (Å²) in [7, 11) is -3.72. The maximum atomic E-state index is 13.3. The van der Waals surface area contributed by atoms with Crippen LogP contribution in [-0.2, 0) is 27.8 Å². The monoisotopic (exact) mass is 509 g/mol. The number of fused-ring (bicyclic) bond motifs is 1. The van der Waals surface area contributed by atoms with Gasteiger partial charge in [-0.1, -0.05) is 48.0 Å². The fourth-order valence-electron chi connectivity index (χ4n) is 4.91. The van der Waals surface area contributed by atoms with E-state index in [1.54, 1.807) is 18.2 Å². The summed E-state index contributed by atoms with van der Waals surface area (Å²) < 4.78 is 28.0. The first-order chi connectivity index (χ1) is 16.9. The van der Waals surface area contributed by atoms with E-state index in [2.05, 4.69) is 22.3 Å². The van der Waals surface area contributed by atoms with Gasteiger partial charge in [0.15, 0.2) is 0 Å². The largest absolute Gasteiger partial charge is 0.326 e. The number of piperidine rings is 1. The Morgan fingerprint density at radius 2 is 1.77 bits per heavy atom. The van der Waals surface area contributed by atoms with E-state index in [-0.39, 0.29) is 16.7 Å². The van der Waals surface area contributed by atoms with Gasteiger partial charge in [0, 0.05) is 30.3 Å². The summed E-state index contributed by atoms with van der Waals surface area (Å²) in [4.78, 5) is 15.6. The second-order valence-corrected chi connectivity index (χ2v) is 11.5. The Morgan fingerprint density at radius 3 is 2.54 bits per heavy atom. The molecule has 0 spiro atoms. The summed E-state index contributed by atoms with van der Waals surface area (Å²) in [5.74, 6) is -0.123. The molecule has 0 aromatic heterocycles. The number of nitrogens with one attached hydrogen (secondary N) is 1. The van der Waals surface area contributed by atoms with Crippen molar-refractivity contribution in [1.29, 1.82) is 0 Å². The number of carbonyl (C=O) groups excluding carboxylic acids is 1. The Kier molecular flexibility index (Phi) is 6.82. The number of sulfonamides is 1. The molecule has 8 heteroatoms. The molecule has 0 aliphatic carbocycles. The van der Waals surface area contributed by atoms with Crippen LogP contribution in [0, 0.1) is 5.92 Å². The van der Waals surface area contributed by atoms with Crippen molar-refractivity contribution in [1.82, 2.24) is 4.90 Å². The summed E-state index contributed by atoms with van der Waals surface area (Å²) in [6.07, 6.45) is 2.45. The van der Waals surface area contributed by atoms with Gasteiger partial charge >= 0.3 is 0 Å². The molecule has 182 valence electrons. The fourth-order valence-corrected chi connectivity index (χ4v) is 6.53. The van der Waals surface area contributed by atoms with Gasteiger partial charge in [0.25, 0.3) is 10.0 Å². The average Bonchev–Trinajstić information content (AvgIpc) is 3.29. The summed E-state index contributed by atoms with van der Waals surface area (Å²) in [5.41, 5.74) is 3.43. The maximum Gasteiger partial charge on any atom is 0.264 e. The summed E-state index contributed by atoms with van der Waals surface area (Å²) >= 11 is 5.93. The average molecular weight is 510 g/mol. The zero-order valence-corrected chi connectivity index (χ0v) is 20.9. The van der Waals surface area contributed by atoms with E-state index in [0.29, 0.717) is 35.9 Å².